The lowest BCUT2D eigenvalue weighted by Gasteiger charge is -2.13. The normalized spacial score (nSPS) is 11.2. The highest BCUT2D eigenvalue weighted by Gasteiger charge is 2.22. The summed E-state index contributed by atoms with van der Waals surface area (Å²) in [5.41, 5.74) is 5.11. The third-order valence-electron chi connectivity index (χ3n) is 5.56. The molecule has 0 saturated heterocycles. The summed E-state index contributed by atoms with van der Waals surface area (Å²) >= 11 is 2.77. The molecule has 0 aliphatic carbocycles. The standard InChI is InChI=1S/C26H26N2O3S2/c1-5-31-25(30)22-18(4)21-23(33-22)27-26(32-15-20-9-7-6-8-17(20)3)28(24(21)29)14-19-12-10-16(2)11-13-19/h6-13H,5,14-15H2,1-4H3. The van der Waals surface area contributed by atoms with E-state index in [-0.39, 0.29) is 12.2 Å². The van der Waals surface area contributed by atoms with Gasteiger partial charge in [-0.1, -0.05) is 65.9 Å². The van der Waals surface area contributed by atoms with Crippen LogP contribution in [0.4, 0.5) is 0 Å². The molecule has 0 unspecified atom stereocenters. The van der Waals surface area contributed by atoms with E-state index < -0.39 is 5.97 Å². The van der Waals surface area contributed by atoms with Gasteiger partial charge in [0.2, 0.25) is 0 Å². The molecule has 4 aromatic rings. The topological polar surface area (TPSA) is 61.2 Å². The number of ether oxygens (including phenoxy) is 1. The molecule has 2 heterocycles. The van der Waals surface area contributed by atoms with E-state index in [2.05, 4.69) is 19.1 Å². The summed E-state index contributed by atoms with van der Waals surface area (Å²) in [5, 5.41) is 1.14. The van der Waals surface area contributed by atoms with E-state index >= 15 is 0 Å². The van der Waals surface area contributed by atoms with Gasteiger partial charge in [-0.25, -0.2) is 9.78 Å². The summed E-state index contributed by atoms with van der Waals surface area (Å²) in [7, 11) is 0. The maximum absolute atomic E-state index is 13.7. The predicted octanol–water partition coefficient (Wildman–Crippen LogP) is 5.90. The minimum Gasteiger partial charge on any atom is -0.462 e. The first-order valence-electron chi connectivity index (χ1n) is 10.8. The van der Waals surface area contributed by atoms with E-state index in [1.807, 2.05) is 43.3 Å². The average molecular weight is 479 g/mol. The molecule has 2 aromatic carbocycles. The zero-order chi connectivity index (χ0) is 23.5. The molecule has 0 spiro atoms. The Morgan fingerprint density at radius 1 is 1.09 bits per heavy atom. The molecule has 7 heteroatoms. The molecule has 0 radical (unpaired) electrons. The zero-order valence-corrected chi connectivity index (χ0v) is 20.8. The number of hydrogen-bond acceptors (Lipinski definition) is 6. The van der Waals surface area contributed by atoms with Crippen molar-refractivity contribution >= 4 is 39.3 Å². The second-order valence-electron chi connectivity index (χ2n) is 7.94. The maximum atomic E-state index is 13.7. The highest BCUT2D eigenvalue weighted by atomic mass is 32.2. The Labute approximate surface area is 201 Å². The minimum atomic E-state index is -0.406. The van der Waals surface area contributed by atoms with Gasteiger partial charge in [0.05, 0.1) is 18.5 Å². The quantitative estimate of drug-likeness (QED) is 0.188. The Balaban J connectivity index is 1.81. The number of carbonyl (C=O) groups excluding carboxylic acids is 1. The first-order valence-corrected chi connectivity index (χ1v) is 12.6. The van der Waals surface area contributed by atoms with Crippen LogP contribution in [0, 0.1) is 20.8 Å². The fourth-order valence-corrected chi connectivity index (χ4v) is 5.82. The van der Waals surface area contributed by atoms with Gasteiger partial charge in [0.15, 0.2) is 5.16 Å². The predicted molar refractivity (Wildman–Crippen MR) is 136 cm³/mol. The summed E-state index contributed by atoms with van der Waals surface area (Å²) in [6.45, 7) is 8.40. The summed E-state index contributed by atoms with van der Waals surface area (Å²) in [5.74, 6) is 0.296. The van der Waals surface area contributed by atoms with Crippen molar-refractivity contribution in [2.45, 2.75) is 45.1 Å². The second kappa shape index (κ2) is 9.93. The maximum Gasteiger partial charge on any atom is 0.348 e. The van der Waals surface area contributed by atoms with Crippen molar-refractivity contribution in [2.75, 3.05) is 6.61 Å². The van der Waals surface area contributed by atoms with E-state index in [0.717, 1.165) is 5.56 Å². The van der Waals surface area contributed by atoms with Crippen LogP contribution in [0.15, 0.2) is 58.5 Å². The highest BCUT2D eigenvalue weighted by molar-refractivity contribution is 7.98. The molecule has 2 aromatic heterocycles. The Kier molecular flexibility index (Phi) is 7.00. The van der Waals surface area contributed by atoms with Crippen LogP contribution in [0.1, 0.15) is 44.4 Å². The number of carbonyl (C=O) groups is 1. The number of benzene rings is 2. The number of esters is 1. The Morgan fingerprint density at radius 3 is 2.52 bits per heavy atom. The fraction of sp³-hybridized carbons (Fsp3) is 0.269. The Hall–Kier alpha value is -2.90. The second-order valence-corrected chi connectivity index (χ2v) is 9.88. The Morgan fingerprint density at radius 2 is 1.82 bits per heavy atom. The number of aryl methyl sites for hydroxylation is 3. The van der Waals surface area contributed by atoms with Gasteiger partial charge in [-0.2, -0.15) is 0 Å². The molecular formula is C26H26N2O3S2. The van der Waals surface area contributed by atoms with Crippen molar-refractivity contribution in [1.82, 2.24) is 9.55 Å². The first-order chi connectivity index (χ1) is 15.9. The molecular weight excluding hydrogens is 452 g/mol. The van der Waals surface area contributed by atoms with Gasteiger partial charge >= 0.3 is 5.97 Å². The van der Waals surface area contributed by atoms with E-state index in [4.69, 9.17) is 9.72 Å². The summed E-state index contributed by atoms with van der Waals surface area (Å²) in [4.78, 5) is 32.0. The van der Waals surface area contributed by atoms with E-state index in [9.17, 15) is 9.59 Å². The van der Waals surface area contributed by atoms with Crippen molar-refractivity contribution in [3.63, 3.8) is 0 Å². The molecule has 33 heavy (non-hydrogen) atoms. The number of aromatic nitrogens is 2. The first kappa shape index (κ1) is 23.3. The largest absolute Gasteiger partial charge is 0.462 e. The van der Waals surface area contributed by atoms with Crippen molar-refractivity contribution in [2.24, 2.45) is 0 Å². The van der Waals surface area contributed by atoms with Gasteiger partial charge in [-0.05, 0) is 49.9 Å². The number of thiophene rings is 1. The lowest BCUT2D eigenvalue weighted by Crippen LogP contribution is -2.24. The van der Waals surface area contributed by atoms with Gasteiger partial charge in [0.1, 0.15) is 9.71 Å². The molecule has 0 bridgehead atoms. The van der Waals surface area contributed by atoms with E-state index in [1.54, 1.807) is 30.2 Å². The average Bonchev–Trinajstić information content (AvgIpc) is 3.13. The van der Waals surface area contributed by atoms with Gasteiger partial charge in [-0.3, -0.25) is 9.36 Å². The lowest BCUT2D eigenvalue weighted by molar-refractivity contribution is 0.0531. The fourth-order valence-electron chi connectivity index (χ4n) is 3.63. The molecule has 4 rings (SSSR count). The lowest BCUT2D eigenvalue weighted by atomic mass is 10.1. The summed E-state index contributed by atoms with van der Waals surface area (Å²) in [6.07, 6.45) is 0. The number of thioether (sulfide) groups is 1. The van der Waals surface area contributed by atoms with Gasteiger partial charge in [-0.15, -0.1) is 11.3 Å². The van der Waals surface area contributed by atoms with Crippen LogP contribution < -0.4 is 5.56 Å². The molecule has 0 N–H and O–H groups in total. The summed E-state index contributed by atoms with van der Waals surface area (Å²) in [6, 6.07) is 16.4. The monoisotopic (exact) mass is 478 g/mol. The third-order valence-corrected chi connectivity index (χ3v) is 7.75. The molecule has 0 aliphatic heterocycles. The number of fused-ring (bicyclic) bond motifs is 1. The van der Waals surface area contributed by atoms with Crippen molar-refractivity contribution in [3.8, 4) is 0 Å². The highest BCUT2D eigenvalue weighted by Crippen LogP contribution is 2.31. The van der Waals surface area contributed by atoms with Crippen molar-refractivity contribution in [3.05, 3.63) is 91.6 Å². The molecule has 5 nitrogen and oxygen atoms in total. The smallest absolute Gasteiger partial charge is 0.348 e. The van der Waals surface area contributed by atoms with Crippen LogP contribution >= 0.6 is 23.1 Å². The van der Waals surface area contributed by atoms with Gasteiger partial charge in [0.25, 0.3) is 5.56 Å². The molecule has 0 fully saturated rings. The van der Waals surface area contributed by atoms with Crippen molar-refractivity contribution < 1.29 is 9.53 Å². The third kappa shape index (κ3) is 4.89. The van der Waals surface area contributed by atoms with Crippen LogP contribution in [0.3, 0.4) is 0 Å². The van der Waals surface area contributed by atoms with Crippen LogP contribution in [0.5, 0.6) is 0 Å². The van der Waals surface area contributed by atoms with Crippen LogP contribution in [-0.4, -0.2) is 22.1 Å². The van der Waals surface area contributed by atoms with E-state index in [0.29, 0.717) is 38.1 Å². The zero-order valence-electron chi connectivity index (χ0n) is 19.2. The molecule has 170 valence electrons. The number of nitrogens with zero attached hydrogens (tertiary/aromatic N) is 2. The van der Waals surface area contributed by atoms with E-state index in [1.165, 1.54) is 28.0 Å². The molecule has 0 atom stereocenters. The molecule has 0 amide bonds. The van der Waals surface area contributed by atoms with Crippen molar-refractivity contribution in [1.29, 1.82) is 0 Å². The van der Waals surface area contributed by atoms with Crippen LogP contribution in [0.25, 0.3) is 10.2 Å². The number of hydrogen-bond donors (Lipinski definition) is 0. The Bertz CT molecular complexity index is 1370. The van der Waals surface area contributed by atoms with Crippen LogP contribution in [-0.2, 0) is 17.0 Å². The van der Waals surface area contributed by atoms with Gasteiger partial charge < -0.3 is 4.74 Å². The number of rotatable bonds is 7. The minimum absolute atomic E-state index is 0.128. The van der Waals surface area contributed by atoms with Gasteiger partial charge in [0, 0.05) is 5.75 Å². The molecule has 0 aliphatic rings. The molecule has 0 saturated carbocycles. The summed E-state index contributed by atoms with van der Waals surface area (Å²) < 4.78 is 6.92. The van der Waals surface area contributed by atoms with Crippen LogP contribution in [0.2, 0.25) is 0 Å². The SMILES string of the molecule is CCOC(=O)c1sc2nc(SCc3ccccc3C)n(Cc3ccc(C)cc3)c(=O)c2c1C.